The van der Waals surface area contributed by atoms with Crippen molar-refractivity contribution in [2.45, 2.75) is 49.6 Å². The van der Waals surface area contributed by atoms with Gasteiger partial charge in [-0.15, -0.1) is 0 Å². The summed E-state index contributed by atoms with van der Waals surface area (Å²) in [4.78, 5) is 26.9. The molecular weight excluding hydrogens is 353 g/mol. The predicted octanol–water partition coefficient (Wildman–Crippen LogP) is -3.28. The first kappa shape index (κ1) is 21.4. The normalized spacial score (nSPS) is 36.8. The van der Waals surface area contributed by atoms with E-state index in [4.69, 9.17) is 25.1 Å². The number of phosphoric acid groups is 1. The molecule has 0 unspecified atom stereocenters. The molecule has 13 heteroatoms. The summed E-state index contributed by atoms with van der Waals surface area (Å²) in [6, 6.07) is -0.269. The Balaban J connectivity index is 0.000000300. The third-order valence-corrected chi connectivity index (χ3v) is 3.94. The van der Waals surface area contributed by atoms with Gasteiger partial charge in [0.2, 0.25) is 0 Å². The SMILES string of the molecule is O=C(O)[C@H]1CCCN1.O=P(O)(O)OC[C@H]1O[C@H](O)[C@H](O)[C@@H](O)[C@@H]1O. The highest BCUT2D eigenvalue weighted by Crippen LogP contribution is 2.36. The quantitative estimate of drug-likeness (QED) is 0.228. The maximum Gasteiger partial charge on any atom is 0.469 e. The number of rotatable bonds is 4. The molecule has 2 saturated heterocycles. The Morgan fingerprint density at radius 1 is 1.17 bits per heavy atom. The predicted molar refractivity (Wildman–Crippen MR) is 75.6 cm³/mol. The largest absolute Gasteiger partial charge is 0.480 e. The van der Waals surface area contributed by atoms with Gasteiger partial charge in [0.1, 0.15) is 30.5 Å². The molecule has 2 heterocycles. The molecule has 12 nitrogen and oxygen atoms in total. The van der Waals surface area contributed by atoms with Crippen molar-refractivity contribution in [3.63, 3.8) is 0 Å². The summed E-state index contributed by atoms with van der Waals surface area (Å²) < 4.78 is 19.0. The first-order valence-electron chi connectivity index (χ1n) is 7.07. The molecule has 0 spiro atoms. The number of phosphoric ester groups is 1. The molecule has 24 heavy (non-hydrogen) atoms. The summed E-state index contributed by atoms with van der Waals surface area (Å²) in [7, 11) is -4.73. The van der Waals surface area contributed by atoms with Crippen LogP contribution in [0.5, 0.6) is 0 Å². The number of hydrogen-bond donors (Lipinski definition) is 8. The van der Waals surface area contributed by atoms with Gasteiger partial charge in [0.15, 0.2) is 6.29 Å². The zero-order valence-electron chi connectivity index (χ0n) is 12.5. The summed E-state index contributed by atoms with van der Waals surface area (Å²) >= 11 is 0. The maximum atomic E-state index is 10.4. The molecular formula is C11H22NO11P. The molecule has 0 radical (unpaired) electrons. The fourth-order valence-electron chi connectivity index (χ4n) is 2.13. The minimum Gasteiger partial charge on any atom is -0.480 e. The molecule has 0 aromatic carbocycles. The number of nitrogens with one attached hydrogen (secondary N) is 1. The Labute approximate surface area is 136 Å². The third-order valence-electron chi connectivity index (χ3n) is 3.45. The van der Waals surface area contributed by atoms with Crippen LogP contribution < -0.4 is 5.32 Å². The Kier molecular flexibility index (Phi) is 8.15. The smallest absolute Gasteiger partial charge is 0.469 e. The second-order valence-corrected chi connectivity index (χ2v) is 6.55. The fourth-order valence-corrected chi connectivity index (χ4v) is 2.48. The lowest BCUT2D eigenvalue weighted by Crippen LogP contribution is -2.58. The van der Waals surface area contributed by atoms with Gasteiger partial charge < -0.3 is 45.4 Å². The van der Waals surface area contributed by atoms with Gasteiger partial charge in [0, 0.05) is 0 Å². The highest BCUT2D eigenvalue weighted by atomic mass is 31.2. The molecule has 0 amide bonds. The average molecular weight is 375 g/mol. The molecule has 0 aromatic rings. The Bertz CT molecular complexity index is 451. The van der Waals surface area contributed by atoms with Crippen molar-refractivity contribution in [1.82, 2.24) is 5.32 Å². The van der Waals surface area contributed by atoms with Gasteiger partial charge in [-0.3, -0.25) is 9.32 Å². The van der Waals surface area contributed by atoms with Crippen LogP contribution in [0.1, 0.15) is 12.8 Å². The molecule has 2 aliphatic heterocycles. The van der Waals surface area contributed by atoms with E-state index in [0.29, 0.717) is 0 Å². The number of aliphatic carboxylic acids is 1. The van der Waals surface area contributed by atoms with E-state index in [9.17, 15) is 19.6 Å². The van der Waals surface area contributed by atoms with Crippen LogP contribution in [-0.2, 0) is 18.6 Å². The average Bonchev–Trinajstić information content (AvgIpc) is 3.02. The van der Waals surface area contributed by atoms with E-state index in [2.05, 4.69) is 14.6 Å². The molecule has 0 saturated carbocycles. The van der Waals surface area contributed by atoms with Crippen LogP contribution in [0.25, 0.3) is 0 Å². The summed E-state index contributed by atoms with van der Waals surface area (Å²) in [6.45, 7) is 0.128. The molecule has 0 aromatic heterocycles. The Hall–Kier alpha value is -0.660. The zero-order valence-corrected chi connectivity index (χ0v) is 13.4. The van der Waals surface area contributed by atoms with Gasteiger partial charge in [-0.2, -0.15) is 0 Å². The van der Waals surface area contributed by atoms with E-state index in [1.54, 1.807) is 0 Å². The zero-order chi connectivity index (χ0) is 18.5. The highest BCUT2D eigenvalue weighted by molar-refractivity contribution is 7.46. The summed E-state index contributed by atoms with van der Waals surface area (Å²) in [5, 5.41) is 47.9. The summed E-state index contributed by atoms with van der Waals surface area (Å²) in [5.74, 6) is -0.720. The molecule has 0 bridgehead atoms. The molecule has 2 aliphatic rings. The lowest BCUT2D eigenvalue weighted by atomic mass is 10.00. The van der Waals surface area contributed by atoms with E-state index < -0.39 is 51.1 Å². The summed E-state index contributed by atoms with van der Waals surface area (Å²) in [6.07, 6.45) is -6.32. The topological polar surface area (TPSA) is 206 Å². The standard InChI is InChI=1S/C6H13O9P.C5H9NO2/c7-3-2(1-14-16(11,12)13)15-6(10)5(9)4(3)8;7-5(8)4-2-1-3-6-4/h2-10H,1H2,(H2,11,12,13);4,6H,1-3H2,(H,7,8)/t2-,3-,4+,5-,6+;4-/m11/s1. The van der Waals surface area contributed by atoms with Crippen LogP contribution in [0, 0.1) is 0 Å². The molecule has 0 aliphatic carbocycles. The number of carboxylic acid groups (broad SMARTS) is 1. The minimum absolute atomic E-state index is 0.269. The number of carbonyl (C=O) groups is 1. The lowest BCUT2D eigenvalue weighted by Gasteiger charge is -2.38. The molecule has 142 valence electrons. The number of aliphatic hydroxyl groups is 4. The van der Waals surface area contributed by atoms with Crippen LogP contribution in [0.3, 0.4) is 0 Å². The molecule has 6 atom stereocenters. The monoisotopic (exact) mass is 375 g/mol. The number of carboxylic acids is 1. The number of aliphatic hydroxyl groups excluding tert-OH is 4. The first-order chi connectivity index (χ1) is 11.0. The van der Waals surface area contributed by atoms with Crippen molar-refractivity contribution >= 4 is 13.8 Å². The van der Waals surface area contributed by atoms with Crippen molar-refractivity contribution in [3.8, 4) is 0 Å². The Morgan fingerprint density at radius 2 is 1.79 bits per heavy atom. The highest BCUT2D eigenvalue weighted by Gasteiger charge is 2.43. The summed E-state index contributed by atoms with van der Waals surface area (Å²) in [5.41, 5.74) is 0. The van der Waals surface area contributed by atoms with Gasteiger partial charge in [0.25, 0.3) is 0 Å². The fraction of sp³-hybridized carbons (Fsp3) is 0.909. The van der Waals surface area contributed by atoms with Crippen molar-refractivity contribution < 1.29 is 53.9 Å². The van der Waals surface area contributed by atoms with E-state index in [-0.39, 0.29) is 6.04 Å². The van der Waals surface area contributed by atoms with E-state index in [1.807, 2.05) is 0 Å². The number of hydrogen-bond acceptors (Lipinski definition) is 9. The second-order valence-electron chi connectivity index (χ2n) is 5.31. The third kappa shape index (κ3) is 6.69. The van der Waals surface area contributed by atoms with Gasteiger partial charge >= 0.3 is 13.8 Å². The van der Waals surface area contributed by atoms with Crippen molar-refractivity contribution in [1.29, 1.82) is 0 Å². The maximum absolute atomic E-state index is 10.4. The van der Waals surface area contributed by atoms with E-state index in [0.717, 1.165) is 19.4 Å². The van der Waals surface area contributed by atoms with Crippen LogP contribution >= 0.6 is 7.82 Å². The van der Waals surface area contributed by atoms with Crippen molar-refractivity contribution in [2.24, 2.45) is 0 Å². The molecule has 2 rings (SSSR count). The van der Waals surface area contributed by atoms with Crippen LogP contribution in [-0.4, -0.2) is 91.2 Å². The van der Waals surface area contributed by atoms with Gasteiger partial charge in [-0.1, -0.05) is 0 Å². The van der Waals surface area contributed by atoms with Gasteiger partial charge in [0.05, 0.1) is 6.61 Å². The van der Waals surface area contributed by atoms with Crippen molar-refractivity contribution in [2.75, 3.05) is 13.2 Å². The lowest BCUT2D eigenvalue weighted by molar-refractivity contribution is -0.285. The van der Waals surface area contributed by atoms with E-state index in [1.165, 1.54) is 0 Å². The van der Waals surface area contributed by atoms with E-state index >= 15 is 0 Å². The number of ether oxygens (including phenoxy) is 1. The van der Waals surface area contributed by atoms with Gasteiger partial charge in [-0.05, 0) is 19.4 Å². The minimum atomic E-state index is -4.73. The Morgan fingerprint density at radius 3 is 2.21 bits per heavy atom. The van der Waals surface area contributed by atoms with Gasteiger partial charge in [-0.25, -0.2) is 4.57 Å². The van der Waals surface area contributed by atoms with Crippen LogP contribution in [0.4, 0.5) is 0 Å². The second kappa shape index (κ2) is 9.15. The van der Waals surface area contributed by atoms with Crippen LogP contribution in [0.15, 0.2) is 0 Å². The van der Waals surface area contributed by atoms with Crippen LogP contribution in [0.2, 0.25) is 0 Å². The molecule has 2 fully saturated rings. The van der Waals surface area contributed by atoms with Crippen molar-refractivity contribution in [3.05, 3.63) is 0 Å². The first-order valence-corrected chi connectivity index (χ1v) is 8.60. The molecule has 8 N–H and O–H groups in total.